The van der Waals surface area contributed by atoms with Crippen molar-refractivity contribution in [2.75, 3.05) is 0 Å². The lowest BCUT2D eigenvalue weighted by Gasteiger charge is -1.83. The van der Waals surface area contributed by atoms with Gasteiger partial charge < -0.3 is 5.32 Å². The molecule has 0 bridgehead atoms. The Balaban J connectivity index is 2.61. The maximum absolute atomic E-state index is 10.8. The monoisotopic (exact) mass is 140 g/mol. The standard InChI is InChI=1S/C5H4N2OS/c8-5-4-3(1-6-5)9-2-7-4/h2H,1H2,(H,6,8). The van der Waals surface area contributed by atoms with Crippen molar-refractivity contribution in [3.8, 4) is 0 Å². The minimum absolute atomic E-state index is 0.0359. The summed E-state index contributed by atoms with van der Waals surface area (Å²) in [5.41, 5.74) is 2.31. The van der Waals surface area contributed by atoms with Crippen LogP contribution in [-0.2, 0) is 6.54 Å². The number of amides is 1. The molecule has 1 aromatic rings. The van der Waals surface area contributed by atoms with Crippen LogP contribution < -0.4 is 5.32 Å². The molecule has 0 spiro atoms. The summed E-state index contributed by atoms with van der Waals surface area (Å²) in [6.07, 6.45) is 0. The Labute approximate surface area is 55.7 Å². The van der Waals surface area contributed by atoms with Crippen molar-refractivity contribution in [1.82, 2.24) is 10.3 Å². The van der Waals surface area contributed by atoms with Crippen molar-refractivity contribution in [1.29, 1.82) is 0 Å². The predicted octanol–water partition coefficient (Wildman–Crippen LogP) is 0.387. The van der Waals surface area contributed by atoms with E-state index in [1.54, 1.807) is 5.51 Å². The average molecular weight is 140 g/mol. The van der Waals surface area contributed by atoms with Gasteiger partial charge in [-0.15, -0.1) is 11.3 Å². The summed E-state index contributed by atoms with van der Waals surface area (Å²) in [4.78, 5) is 15.7. The summed E-state index contributed by atoms with van der Waals surface area (Å²) in [6, 6.07) is 0. The second-order valence-electron chi connectivity index (χ2n) is 1.81. The first-order chi connectivity index (χ1) is 4.38. The number of rotatable bonds is 0. The van der Waals surface area contributed by atoms with E-state index in [4.69, 9.17) is 0 Å². The van der Waals surface area contributed by atoms with Crippen LogP contribution in [0.2, 0.25) is 0 Å². The number of aromatic nitrogens is 1. The van der Waals surface area contributed by atoms with Crippen LogP contribution in [0.3, 0.4) is 0 Å². The normalized spacial score (nSPS) is 15.3. The van der Waals surface area contributed by atoms with E-state index in [-0.39, 0.29) is 5.91 Å². The van der Waals surface area contributed by atoms with Crippen LogP contribution in [0.1, 0.15) is 15.4 Å². The molecule has 1 aliphatic heterocycles. The summed E-state index contributed by atoms with van der Waals surface area (Å²) in [5, 5.41) is 2.67. The van der Waals surface area contributed by atoms with Gasteiger partial charge in [0.1, 0.15) is 5.69 Å². The van der Waals surface area contributed by atoms with Gasteiger partial charge in [-0.2, -0.15) is 0 Å². The van der Waals surface area contributed by atoms with Crippen LogP contribution in [0.5, 0.6) is 0 Å². The first kappa shape index (κ1) is 4.93. The zero-order valence-corrected chi connectivity index (χ0v) is 5.36. The summed E-state index contributed by atoms with van der Waals surface area (Å²) < 4.78 is 0. The minimum Gasteiger partial charge on any atom is -0.346 e. The second-order valence-corrected chi connectivity index (χ2v) is 2.75. The molecule has 1 amide bonds. The summed E-state index contributed by atoms with van der Waals surface area (Å²) in [7, 11) is 0. The Bertz CT molecular complexity index is 255. The van der Waals surface area contributed by atoms with Crippen molar-refractivity contribution in [3.05, 3.63) is 16.1 Å². The fourth-order valence-electron chi connectivity index (χ4n) is 0.825. The van der Waals surface area contributed by atoms with Crippen molar-refractivity contribution in [2.24, 2.45) is 0 Å². The quantitative estimate of drug-likeness (QED) is 0.566. The third-order valence-corrected chi connectivity index (χ3v) is 2.10. The zero-order chi connectivity index (χ0) is 6.27. The van der Waals surface area contributed by atoms with E-state index in [9.17, 15) is 4.79 Å². The van der Waals surface area contributed by atoms with Gasteiger partial charge in [0, 0.05) is 0 Å². The van der Waals surface area contributed by atoms with Gasteiger partial charge >= 0.3 is 0 Å². The number of carbonyl (C=O) groups is 1. The molecule has 9 heavy (non-hydrogen) atoms. The van der Waals surface area contributed by atoms with Gasteiger partial charge in [0.15, 0.2) is 0 Å². The Morgan fingerprint density at radius 1 is 1.78 bits per heavy atom. The molecule has 0 radical (unpaired) electrons. The van der Waals surface area contributed by atoms with Gasteiger partial charge in [0.25, 0.3) is 5.91 Å². The second kappa shape index (κ2) is 1.54. The van der Waals surface area contributed by atoms with Gasteiger partial charge in [-0.05, 0) is 0 Å². The molecule has 0 saturated carbocycles. The number of nitrogens with one attached hydrogen (secondary N) is 1. The highest BCUT2D eigenvalue weighted by Crippen LogP contribution is 2.17. The molecular weight excluding hydrogens is 136 g/mol. The molecule has 2 rings (SSSR count). The highest BCUT2D eigenvalue weighted by Gasteiger charge is 2.20. The molecule has 0 aliphatic carbocycles. The van der Waals surface area contributed by atoms with Crippen LogP contribution in [0.15, 0.2) is 5.51 Å². The van der Waals surface area contributed by atoms with Crippen molar-refractivity contribution < 1.29 is 4.79 Å². The third kappa shape index (κ3) is 0.564. The van der Waals surface area contributed by atoms with E-state index in [2.05, 4.69) is 10.3 Å². The van der Waals surface area contributed by atoms with E-state index in [1.807, 2.05) is 0 Å². The molecule has 0 atom stereocenters. The Kier molecular flexibility index (Phi) is 0.843. The third-order valence-electron chi connectivity index (χ3n) is 1.27. The summed E-state index contributed by atoms with van der Waals surface area (Å²) >= 11 is 1.52. The van der Waals surface area contributed by atoms with Gasteiger partial charge in [-0.1, -0.05) is 0 Å². The van der Waals surface area contributed by atoms with Crippen molar-refractivity contribution >= 4 is 17.2 Å². The van der Waals surface area contributed by atoms with Gasteiger partial charge in [0.05, 0.1) is 16.9 Å². The fraction of sp³-hybridized carbons (Fsp3) is 0.200. The zero-order valence-electron chi connectivity index (χ0n) is 4.55. The molecule has 0 aromatic carbocycles. The SMILES string of the molecule is O=C1NCc2scnc21. The maximum Gasteiger partial charge on any atom is 0.271 e. The molecular formula is C5H4N2OS. The molecule has 3 nitrogen and oxygen atoms in total. The van der Waals surface area contributed by atoms with Crippen LogP contribution in [-0.4, -0.2) is 10.9 Å². The molecule has 4 heteroatoms. The Morgan fingerprint density at radius 2 is 2.67 bits per heavy atom. The smallest absolute Gasteiger partial charge is 0.271 e. The molecule has 2 heterocycles. The maximum atomic E-state index is 10.8. The molecule has 1 N–H and O–H groups in total. The Morgan fingerprint density at radius 3 is 3.44 bits per heavy atom. The highest BCUT2D eigenvalue weighted by molar-refractivity contribution is 7.10. The molecule has 0 saturated heterocycles. The van der Waals surface area contributed by atoms with Crippen molar-refractivity contribution in [2.45, 2.75) is 6.54 Å². The first-order valence-corrected chi connectivity index (χ1v) is 3.46. The van der Waals surface area contributed by atoms with Crippen LogP contribution in [0.25, 0.3) is 0 Å². The van der Waals surface area contributed by atoms with E-state index in [0.717, 1.165) is 4.88 Å². The van der Waals surface area contributed by atoms with Gasteiger partial charge in [0.2, 0.25) is 0 Å². The van der Waals surface area contributed by atoms with Crippen LogP contribution in [0, 0.1) is 0 Å². The molecule has 0 fully saturated rings. The number of fused-ring (bicyclic) bond motifs is 1. The summed E-state index contributed by atoms with van der Waals surface area (Å²) in [5.74, 6) is -0.0359. The number of nitrogens with zero attached hydrogens (tertiary/aromatic N) is 1. The van der Waals surface area contributed by atoms with Crippen LogP contribution >= 0.6 is 11.3 Å². The first-order valence-electron chi connectivity index (χ1n) is 2.58. The van der Waals surface area contributed by atoms with E-state index in [0.29, 0.717) is 12.2 Å². The summed E-state index contributed by atoms with van der Waals surface area (Å²) in [6.45, 7) is 0.666. The lowest BCUT2D eigenvalue weighted by Crippen LogP contribution is -2.13. The predicted molar refractivity (Wildman–Crippen MR) is 33.3 cm³/mol. The molecule has 1 aliphatic rings. The van der Waals surface area contributed by atoms with Crippen LogP contribution in [0.4, 0.5) is 0 Å². The lowest BCUT2D eigenvalue weighted by atomic mass is 10.4. The van der Waals surface area contributed by atoms with Gasteiger partial charge in [-0.3, -0.25) is 4.79 Å². The highest BCUT2D eigenvalue weighted by atomic mass is 32.1. The Hall–Kier alpha value is -0.900. The minimum atomic E-state index is -0.0359. The lowest BCUT2D eigenvalue weighted by molar-refractivity contribution is 0.0961. The van der Waals surface area contributed by atoms with Crippen molar-refractivity contribution in [3.63, 3.8) is 0 Å². The van der Waals surface area contributed by atoms with Gasteiger partial charge in [-0.25, -0.2) is 4.98 Å². The molecule has 46 valence electrons. The number of hydrogen-bond donors (Lipinski definition) is 1. The average Bonchev–Trinajstić information content (AvgIpc) is 2.35. The number of hydrogen-bond acceptors (Lipinski definition) is 3. The van der Waals surface area contributed by atoms with E-state index < -0.39 is 0 Å². The van der Waals surface area contributed by atoms with E-state index in [1.165, 1.54) is 11.3 Å². The number of carbonyl (C=O) groups excluding carboxylic acids is 1. The fourth-order valence-corrected chi connectivity index (χ4v) is 1.52. The number of thiazole rings is 1. The van der Waals surface area contributed by atoms with E-state index >= 15 is 0 Å². The molecule has 0 unspecified atom stereocenters. The topological polar surface area (TPSA) is 42.0 Å². The molecule has 1 aromatic heterocycles. The largest absolute Gasteiger partial charge is 0.346 e.